The zero-order valence-electron chi connectivity index (χ0n) is 14.4. The monoisotopic (exact) mass is 360 g/mol. The molecule has 130 valence electrons. The first kappa shape index (κ1) is 17.9. The van der Waals surface area contributed by atoms with Gasteiger partial charge in [0.25, 0.3) is 0 Å². The Morgan fingerprint density at radius 3 is 2.73 bits per heavy atom. The molecule has 2 aromatic rings. The van der Waals surface area contributed by atoms with Gasteiger partial charge in [-0.05, 0) is 36.0 Å². The van der Waals surface area contributed by atoms with Gasteiger partial charge < -0.3 is 10.2 Å². The van der Waals surface area contributed by atoms with Gasteiger partial charge in [0.2, 0.25) is 0 Å². The van der Waals surface area contributed by atoms with Crippen molar-refractivity contribution in [3.63, 3.8) is 0 Å². The minimum atomic E-state index is -0.194. The first-order valence-corrected chi connectivity index (χ1v) is 8.90. The van der Waals surface area contributed by atoms with Gasteiger partial charge in [-0.1, -0.05) is 42.3 Å². The number of anilines is 1. The summed E-state index contributed by atoms with van der Waals surface area (Å²) in [4.78, 5) is 4.25. The van der Waals surface area contributed by atoms with Crippen LogP contribution in [0.5, 0.6) is 0 Å². The van der Waals surface area contributed by atoms with E-state index in [0.717, 1.165) is 30.9 Å². The Kier molecular flexibility index (Phi) is 5.86. The quantitative estimate of drug-likeness (QED) is 0.673. The van der Waals surface area contributed by atoms with Crippen LogP contribution < -0.4 is 5.32 Å². The van der Waals surface area contributed by atoms with E-state index in [0.29, 0.717) is 11.7 Å². The zero-order valence-corrected chi connectivity index (χ0v) is 15.2. The summed E-state index contributed by atoms with van der Waals surface area (Å²) in [5.74, 6) is 2.62. The lowest BCUT2D eigenvalue weighted by molar-refractivity contribution is 0.138. The second-order valence-corrected chi connectivity index (χ2v) is 6.59. The van der Waals surface area contributed by atoms with Crippen molar-refractivity contribution in [2.24, 2.45) is 0 Å². The van der Waals surface area contributed by atoms with E-state index in [4.69, 9.17) is 18.6 Å². The van der Waals surface area contributed by atoms with Crippen molar-refractivity contribution in [3.05, 3.63) is 65.7 Å². The highest BCUT2D eigenvalue weighted by molar-refractivity contribution is 7.80. The molecule has 4 nitrogen and oxygen atoms in total. The molecule has 5 heteroatoms. The van der Waals surface area contributed by atoms with Crippen LogP contribution in [0, 0.1) is 23.7 Å². The van der Waals surface area contributed by atoms with Crippen LogP contribution in [-0.2, 0) is 6.54 Å². The maximum atomic E-state index is 9.59. The van der Waals surface area contributed by atoms with Crippen molar-refractivity contribution in [1.82, 2.24) is 9.80 Å². The number of nitrogens with zero attached hydrogens (tertiary/aromatic N) is 3. The van der Waals surface area contributed by atoms with Crippen molar-refractivity contribution < 1.29 is 0 Å². The van der Waals surface area contributed by atoms with E-state index in [1.807, 2.05) is 47.4 Å². The molecule has 2 aromatic carbocycles. The second kappa shape index (κ2) is 8.49. The molecule has 0 radical (unpaired) electrons. The smallest absolute Gasteiger partial charge is 0.173 e. The number of piperazine rings is 1. The number of rotatable bonds is 3. The van der Waals surface area contributed by atoms with Gasteiger partial charge in [-0.25, -0.2) is 0 Å². The molecule has 1 aliphatic rings. The van der Waals surface area contributed by atoms with Crippen molar-refractivity contribution in [2.75, 3.05) is 25.0 Å². The third-order valence-electron chi connectivity index (χ3n) is 4.44. The average Bonchev–Trinajstić information content (AvgIpc) is 2.69. The molecule has 0 unspecified atom stereocenters. The number of hydrogen-bond donors (Lipinski definition) is 1. The number of hydrogen-bond acceptors (Lipinski definition) is 3. The van der Waals surface area contributed by atoms with Crippen LogP contribution in [-0.4, -0.2) is 40.6 Å². The molecule has 26 heavy (non-hydrogen) atoms. The Hall–Kier alpha value is -2.86. The van der Waals surface area contributed by atoms with E-state index in [1.165, 1.54) is 5.56 Å². The lowest BCUT2D eigenvalue weighted by Crippen LogP contribution is -2.54. The molecule has 0 amide bonds. The molecule has 1 atom stereocenters. The highest BCUT2D eigenvalue weighted by Crippen LogP contribution is 2.16. The zero-order chi connectivity index (χ0) is 18.4. The molecular formula is C21H20N4S. The van der Waals surface area contributed by atoms with E-state index in [9.17, 15) is 5.26 Å². The van der Waals surface area contributed by atoms with Crippen LogP contribution in [0.25, 0.3) is 0 Å². The molecule has 0 bridgehead atoms. The predicted molar refractivity (Wildman–Crippen MR) is 108 cm³/mol. The molecule has 0 spiro atoms. The summed E-state index contributed by atoms with van der Waals surface area (Å²) in [5, 5.41) is 13.4. The molecule has 1 heterocycles. The third-order valence-corrected chi connectivity index (χ3v) is 4.80. The minimum absolute atomic E-state index is 0.194. The fraction of sp³-hybridized carbons (Fsp3) is 0.238. The van der Waals surface area contributed by atoms with E-state index in [-0.39, 0.29) is 6.04 Å². The molecule has 0 aromatic heterocycles. The Labute approximate surface area is 160 Å². The molecular weight excluding hydrogens is 340 g/mol. The van der Waals surface area contributed by atoms with E-state index in [1.54, 1.807) is 0 Å². The van der Waals surface area contributed by atoms with Gasteiger partial charge in [0.15, 0.2) is 5.11 Å². The predicted octanol–water partition coefficient (Wildman–Crippen LogP) is 3.07. The summed E-state index contributed by atoms with van der Waals surface area (Å²) in [6.07, 6.45) is 5.44. The summed E-state index contributed by atoms with van der Waals surface area (Å²) in [5.41, 5.74) is 2.89. The van der Waals surface area contributed by atoms with Crippen LogP contribution in [0.4, 0.5) is 5.69 Å². The Morgan fingerprint density at radius 1 is 1.19 bits per heavy atom. The molecule has 3 rings (SSSR count). The lowest BCUT2D eigenvalue weighted by atomic mass is 10.1. The van der Waals surface area contributed by atoms with E-state index >= 15 is 0 Å². The van der Waals surface area contributed by atoms with Gasteiger partial charge in [-0.15, -0.1) is 6.42 Å². The average molecular weight is 360 g/mol. The van der Waals surface area contributed by atoms with Crippen molar-refractivity contribution in [3.8, 4) is 18.4 Å². The molecule has 1 aliphatic heterocycles. The molecule has 1 fully saturated rings. The molecule has 0 saturated carbocycles. The van der Waals surface area contributed by atoms with Crippen molar-refractivity contribution in [2.45, 2.75) is 12.6 Å². The van der Waals surface area contributed by atoms with Crippen LogP contribution in [0.3, 0.4) is 0 Å². The normalized spacial score (nSPS) is 17.2. The van der Waals surface area contributed by atoms with Crippen LogP contribution >= 0.6 is 12.2 Å². The summed E-state index contributed by atoms with van der Waals surface area (Å²) in [6, 6.07) is 20.0. The van der Waals surface area contributed by atoms with E-state index < -0.39 is 0 Å². The Balaban J connectivity index is 1.62. The fourth-order valence-corrected chi connectivity index (χ4v) is 3.31. The standard InChI is InChI=1S/C21H20N4S/c1-2-17-9-6-10-19(13-17)23-21(26)25-12-11-24(20(14-22)16-25)15-18-7-4-3-5-8-18/h1,3-10,13,20H,11-12,15-16H2,(H,23,26)/t20-/m1/s1. The topological polar surface area (TPSA) is 42.3 Å². The number of nitriles is 1. The highest BCUT2D eigenvalue weighted by atomic mass is 32.1. The second-order valence-electron chi connectivity index (χ2n) is 6.20. The van der Waals surface area contributed by atoms with E-state index in [2.05, 4.69) is 34.3 Å². The van der Waals surface area contributed by atoms with Gasteiger partial charge in [-0.2, -0.15) is 5.26 Å². The van der Waals surface area contributed by atoms with Gasteiger partial charge in [-0.3, -0.25) is 4.90 Å². The van der Waals surface area contributed by atoms with Crippen molar-refractivity contribution >= 4 is 23.0 Å². The maximum absolute atomic E-state index is 9.59. The van der Waals surface area contributed by atoms with Crippen LogP contribution in [0.2, 0.25) is 0 Å². The number of terminal acetylenes is 1. The lowest BCUT2D eigenvalue weighted by Gasteiger charge is -2.39. The fourth-order valence-electron chi connectivity index (χ4n) is 3.02. The summed E-state index contributed by atoms with van der Waals surface area (Å²) in [6.45, 7) is 2.94. The number of nitrogens with one attached hydrogen (secondary N) is 1. The first-order chi connectivity index (χ1) is 12.7. The van der Waals surface area contributed by atoms with Crippen LogP contribution in [0.15, 0.2) is 54.6 Å². The van der Waals surface area contributed by atoms with Gasteiger partial charge >= 0.3 is 0 Å². The largest absolute Gasteiger partial charge is 0.345 e. The Morgan fingerprint density at radius 2 is 2.00 bits per heavy atom. The first-order valence-electron chi connectivity index (χ1n) is 8.50. The van der Waals surface area contributed by atoms with Gasteiger partial charge in [0.05, 0.1) is 6.07 Å². The minimum Gasteiger partial charge on any atom is -0.345 e. The SMILES string of the molecule is C#Cc1cccc(NC(=S)N2CCN(Cc3ccccc3)[C@H](C#N)C2)c1. The summed E-state index contributed by atoms with van der Waals surface area (Å²) < 4.78 is 0. The number of benzene rings is 2. The molecule has 1 saturated heterocycles. The third kappa shape index (κ3) is 4.40. The van der Waals surface area contributed by atoms with Gasteiger partial charge in [0.1, 0.15) is 6.04 Å². The number of thiocarbonyl (C=S) groups is 1. The summed E-state index contributed by atoms with van der Waals surface area (Å²) >= 11 is 5.54. The molecule has 0 aliphatic carbocycles. The Bertz CT molecular complexity index is 850. The van der Waals surface area contributed by atoms with Gasteiger partial charge in [0, 0.05) is 37.4 Å². The summed E-state index contributed by atoms with van der Waals surface area (Å²) in [7, 11) is 0. The maximum Gasteiger partial charge on any atom is 0.173 e. The van der Waals surface area contributed by atoms with Crippen LogP contribution in [0.1, 0.15) is 11.1 Å². The van der Waals surface area contributed by atoms with Crippen molar-refractivity contribution in [1.29, 1.82) is 5.26 Å². The molecule has 1 N–H and O–H groups in total. The highest BCUT2D eigenvalue weighted by Gasteiger charge is 2.28.